The second kappa shape index (κ2) is 7.59. The average Bonchev–Trinajstić information content (AvgIpc) is 3.06. The van der Waals surface area contributed by atoms with E-state index in [0.717, 1.165) is 0 Å². The maximum absolute atomic E-state index is 12.8. The Morgan fingerprint density at radius 1 is 1.08 bits per heavy atom. The standard InChI is InChI=1S/C18H12Cl2FNO3/c19-11-1-7-16(15(20)9-11)22-18(23)17-8-6-14(25-17)10-24-13-4-2-12(21)3-5-13/h1-9H,10H2,(H,22,23). The van der Waals surface area contributed by atoms with Gasteiger partial charge < -0.3 is 14.5 Å². The number of hydrogen-bond acceptors (Lipinski definition) is 3. The molecule has 0 radical (unpaired) electrons. The smallest absolute Gasteiger partial charge is 0.291 e. The van der Waals surface area contributed by atoms with Crippen LogP contribution in [0.5, 0.6) is 5.75 Å². The minimum atomic E-state index is -0.447. The molecule has 0 bridgehead atoms. The van der Waals surface area contributed by atoms with Crippen molar-refractivity contribution in [3.05, 3.63) is 82.0 Å². The fourth-order valence-electron chi connectivity index (χ4n) is 2.04. The Kier molecular flexibility index (Phi) is 5.26. The summed E-state index contributed by atoms with van der Waals surface area (Å²) < 4.78 is 23.7. The summed E-state index contributed by atoms with van der Waals surface area (Å²) >= 11 is 11.8. The van der Waals surface area contributed by atoms with Gasteiger partial charge in [-0.15, -0.1) is 0 Å². The Morgan fingerprint density at radius 3 is 2.56 bits per heavy atom. The highest BCUT2D eigenvalue weighted by Crippen LogP contribution is 2.26. The Bertz CT molecular complexity index is 894. The first kappa shape index (κ1) is 17.3. The van der Waals surface area contributed by atoms with E-state index in [1.165, 1.54) is 36.4 Å². The van der Waals surface area contributed by atoms with Crippen molar-refractivity contribution < 1.29 is 18.3 Å². The minimum absolute atomic E-state index is 0.112. The van der Waals surface area contributed by atoms with Gasteiger partial charge in [0.25, 0.3) is 5.91 Å². The molecule has 0 unspecified atom stereocenters. The van der Waals surface area contributed by atoms with Crippen molar-refractivity contribution in [2.24, 2.45) is 0 Å². The molecule has 1 amide bonds. The van der Waals surface area contributed by atoms with Gasteiger partial charge in [0.15, 0.2) is 5.76 Å². The Balaban J connectivity index is 1.62. The zero-order valence-corrected chi connectivity index (χ0v) is 14.3. The van der Waals surface area contributed by atoms with Gasteiger partial charge in [-0.2, -0.15) is 0 Å². The van der Waals surface area contributed by atoms with E-state index in [2.05, 4.69) is 5.32 Å². The number of ether oxygens (including phenoxy) is 1. The van der Waals surface area contributed by atoms with Gasteiger partial charge in [0.1, 0.15) is 23.9 Å². The van der Waals surface area contributed by atoms with Crippen LogP contribution in [-0.4, -0.2) is 5.91 Å². The highest BCUT2D eigenvalue weighted by Gasteiger charge is 2.13. The summed E-state index contributed by atoms with van der Waals surface area (Å²) in [6.45, 7) is 0.112. The van der Waals surface area contributed by atoms with Gasteiger partial charge >= 0.3 is 0 Å². The number of furan rings is 1. The summed E-state index contributed by atoms with van der Waals surface area (Å²) in [6.07, 6.45) is 0. The third-order valence-electron chi connectivity index (χ3n) is 3.26. The molecule has 1 aromatic heterocycles. The number of rotatable bonds is 5. The van der Waals surface area contributed by atoms with Gasteiger partial charge in [-0.3, -0.25) is 4.79 Å². The minimum Gasteiger partial charge on any atom is -0.486 e. The van der Waals surface area contributed by atoms with Crippen LogP contribution in [0.4, 0.5) is 10.1 Å². The van der Waals surface area contributed by atoms with Gasteiger partial charge in [0.05, 0.1) is 10.7 Å². The van der Waals surface area contributed by atoms with Gasteiger partial charge in [-0.25, -0.2) is 4.39 Å². The summed E-state index contributed by atoms with van der Waals surface area (Å²) in [7, 11) is 0. The third kappa shape index (κ3) is 4.53. The summed E-state index contributed by atoms with van der Waals surface area (Å²) in [5.74, 6) is 0.277. The second-order valence-corrected chi connectivity index (χ2v) is 5.93. The maximum Gasteiger partial charge on any atom is 0.291 e. The molecule has 1 N–H and O–H groups in total. The van der Waals surface area contributed by atoms with Gasteiger partial charge in [-0.05, 0) is 54.6 Å². The van der Waals surface area contributed by atoms with E-state index < -0.39 is 5.91 Å². The summed E-state index contributed by atoms with van der Waals surface area (Å²) in [6, 6.07) is 13.5. The van der Waals surface area contributed by atoms with E-state index in [4.69, 9.17) is 32.4 Å². The third-order valence-corrected chi connectivity index (χ3v) is 3.81. The van der Waals surface area contributed by atoms with Crippen LogP contribution in [0, 0.1) is 5.82 Å². The molecule has 0 saturated heterocycles. The van der Waals surface area contributed by atoms with E-state index in [0.29, 0.717) is 27.2 Å². The number of carbonyl (C=O) groups is 1. The lowest BCUT2D eigenvalue weighted by atomic mass is 10.3. The molecule has 0 aliphatic carbocycles. The molecule has 0 saturated carbocycles. The Hall–Kier alpha value is -2.50. The fraction of sp³-hybridized carbons (Fsp3) is 0.0556. The van der Waals surface area contributed by atoms with Gasteiger partial charge in [0.2, 0.25) is 0 Å². The van der Waals surface area contributed by atoms with E-state index in [1.807, 2.05) is 0 Å². The average molecular weight is 380 g/mol. The predicted molar refractivity (Wildman–Crippen MR) is 93.9 cm³/mol. The number of hydrogen-bond donors (Lipinski definition) is 1. The van der Waals surface area contributed by atoms with E-state index in [9.17, 15) is 9.18 Å². The van der Waals surface area contributed by atoms with Crippen LogP contribution in [-0.2, 0) is 6.61 Å². The van der Waals surface area contributed by atoms with Gasteiger partial charge in [0, 0.05) is 5.02 Å². The van der Waals surface area contributed by atoms with Crippen molar-refractivity contribution in [2.45, 2.75) is 6.61 Å². The SMILES string of the molecule is O=C(Nc1ccc(Cl)cc1Cl)c1ccc(COc2ccc(F)cc2)o1. The molecule has 0 fully saturated rings. The van der Waals surface area contributed by atoms with Crippen LogP contribution in [0.15, 0.2) is 59.0 Å². The van der Waals surface area contributed by atoms with Crippen molar-refractivity contribution in [2.75, 3.05) is 5.32 Å². The van der Waals surface area contributed by atoms with Crippen molar-refractivity contribution in [3.63, 3.8) is 0 Å². The van der Waals surface area contributed by atoms with Crippen LogP contribution in [0.1, 0.15) is 16.3 Å². The zero-order chi connectivity index (χ0) is 17.8. The zero-order valence-electron chi connectivity index (χ0n) is 12.8. The Morgan fingerprint density at radius 2 is 1.84 bits per heavy atom. The fourth-order valence-corrected chi connectivity index (χ4v) is 2.49. The number of nitrogens with one attached hydrogen (secondary N) is 1. The molecule has 0 aliphatic heterocycles. The number of halogens is 3. The highest BCUT2D eigenvalue weighted by molar-refractivity contribution is 6.36. The molecular formula is C18H12Cl2FNO3. The number of amides is 1. The molecule has 1 heterocycles. The first-order valence-electron chi connectivity index (χ1n) is 7.25. The van der Waals surface area contributed by atoms with Crippen LogP contribution < -0.4 is 10.1 Å². The second-order valence-electron chi connectivity index (χ2n) is 5.09. The van der Waals surface area contributed by atoms with Crippen molar-refractivity contribution in [1.29, 1.82) is 0 Å². The molecule has 128 valence electrons. The number of carbonyl (C=O) groups excluding carboxylic acids is 1. The lowest BCUT2D eigenvalue weighted by Crippen LogP contribution is -2.11. The molecule has 7 heteroatoms. The normalized spacial score (nSPS) is 10.5. The highest BCUT2D eigenvalue weighted by atomic mass is 35.5. The number of anilines is 1. The van der Waals surface area contributed by atoms with Crippen LogP contribution >= 0.6 is 23.2 Å². The van der Waals surface area contributed by atoms with Crippen LogP contribution in [0.25, 0.3) is 0 Å². The van der Waals surface area contributed by atoms with Crippen LogP contribution in [0.2, 0.25) is 10.0 Å². The molecule has 0 atom stereocenters. The lowest BCUT2D eigenvalue weighted by molar-refractivity contribution is 0.0992. The molecule has 0 aliphatic rings. The molecular weight excluding hydrogens is 368 g/mol. The maximum atomic E-state index is 12.8. The first-order chi connectivity index (χ1) is 12.0. The lowest BCUT2D eigenvalue weighted by Gasteiger charge is -2.06. The molecule has 3 aromatic rings. The summed E-state index contributed by atoms with van der Waals surface area (Å²) in [5.41, 5.74) is 0.427. The Labute approximate surface area is 153 Å². The van der Waals surface area contributed by atoms with Crippen molar-refractivity contribution in [1.82, 2.24) is 0 Å². The van der Waals surface area contributed by atoms with Gasteiger partial charge in [-0.1, -0.05) is 23.2 Å². The molecule has 3 rings (SSSR count). The topological polar surface area (TPSA) is 51.5 Å². The molecule has 4 nitrogen and oxygen atoms in total. The molecule has 0 spiro atoms. The molecule has 2 aromatic carbocycles. The summed E-state index contributed by atoms with van der Waals surface area (Å²) in [5, 5.41) is 3.44. The van der Waals surface area contributed by atoms with E-state index in [1.54, 1.807) is 18.2 Å². The largest absolute Gasteiger partial charge is 0.486 e. The van der Waals surface area contributed by atoms with Crippen molar-refractivity contribution in [3.8, 4) is 5.75 Å². The van der Waals surface area contributed by atoms with E-state index >= 15 is 0 Å². The van der Waals surface area contributed by atoms with E-state index in [-0.39, 0.29) is 18.2 Å². The summed E-state index contributed by atoms with van der Waals surface area (Å²) in [4.78, 5) is 12.2. The predicted octanol–water partition coefficient (Wildman–Crippen LogP) is 5.56. The van der Waals surface area contributed by atoms with Crippen molar-refractivity contribution >= 4 is 34.8 Å². The quantitative estimate of drug-likeness (QED) is 0.631. The van der Waals surface area contributed by atoms with Crippen LogP contribution in [0.3, 0.4) is 0 Å². The number of benzene rings is 2. The molecule has 25 heavy (non-hydrogen) atoms. The monoisotopic (exact) mass is 379 g/mol. The first-order valence-corrected chi connectivity index (χ1v) is 8.00.